The second-order valence-corrected chi connectivity index (χ2v) is 10.0. The quantitative estimate of drug-likeness (QED) is 0.455. The van der Waals surface area contributed by atoms with Gasteiger partial charge in [-0.2, -0.15) is 0 Å². The molecule has 1 aliphatic carbocycles. The monoisotopic (exact) mass is 472 g/mol. The standard InChI is InChI=1S/C26H33ClN2O2S/c1-3-24(26(31)28-22-7-5-4-6-8-22)29(17-20-11-13-21(27)14-12-20)25(30)18-32-23-15-9-19(2)10-16-23/h9-16,22,24H,3-8,17-18H2,1-2H3,(H,28,31)/t24-/m1/s1. The molecule has 0 saturated heterocycles. The fourth-order valence-corrected chi connectivity index (χ4v) is 5.02. The van der Waals surface area contributed by atoms with Crippen LogP contribution in [0.25, 0.3) is 0 Å². The lowest BCUT2D eigenvalue weighted by atomic mass is 9.95. The van der Waals surface area contributed by atoms with Crippen LogP contribution in [0.2, 0.25) is 5.02 Å². The van der Waals surface area contributed by atoms with Gasteiger partial charge >= 0.3 is 0 Å². The molecule has 1 fully saturated rings. The van der Waals surface area contributed by atoms with Gasteiger partial charge in [0.1, 0.15) is 6.04 Å². The minimum absolute atomic E-state index is 0.0313. The van der Waals surface area contributed by atoms with Crippen molar-refractivity contribution in [2.75, 3.05) is 5.75 Å². The number of amides is 2. The maximum atomic E-state index is 13.4. The van der Waals surface area contributed by atoms with E-state index < -0.39 is 6.04 Å². The van der Waals surface area contributed by atoms with Gasteiger partial charge in [-0.25, -0.2) is 0 Å². The Balaban J connectivity index is 1.73. The number of thioether (sulfide) groups is 1. The lowest BCUT2D eigenvalue weighted by molar-refractivity contribution is -0.139. The van der Waals surface area contributed by atoms with Crippen molar-refractivity contribution in [3.8, 4) is 0 Å². The van der Waals surface area contributed by atoms with Gasteiger partial charge in [-0.05, 0) is 56.0 Å². The molecule has 0 radical (unpaired) electrons. The van der Waals surface area contributed by atoms with Crippen LogP contribution in [0.3, 0.4) is 0 Å². The molecule has 0 heterocycles. The highest BCUT2D eigenvalue weighted by atomic mass is 35.5. The van der Waals surface area contributed by atoms with Crippen LogP contribution in [-0.2, 0) is 16.1 Å². The number of benzene rings is 2. The third-order valence-electron chi connectivity index (χ3n) is 5.99. The van der Waals surface area contributed by atoms with E-state index in [9.17, 15) is 9.59 Å². The Morgan fingerprint density at radius 3 is 2.34 bits per heavy atom. The molecule has 1 saturated carbocycles. The van der Waals surface area contributed by atoms with Gasteiger partial charge in [0, 0.05) is 22.5 Å². The number of carbonyl (C=O) groups is 2. The van der Waals surface area contributed by atoms with Crippen molar-refractivity contribution in [3.63, 3.8) is 0 Å². The molecule has 0 aliphatic heterocycles. The van der Waals surface area contributed by atoms with Crippen LogP contribution in [-0.4, -0.2) is 34.6 Å². The van der Waals surface area contributed by atoms with Crippen LogP contribution < -0.4 is 5.32 Å². The number of rotatable bonds is 9. The van der Waals surface area contributed by atoms with Gasteiger partial charge in [0.2, 0.25) is 11.8 Å². The van der Waals surface area contributed by atoms with Gasteiger partial charge < -0.3 is 10.2 Å². The topological polar surface area (TPSA) is 49.4 Å². The van der Waals surface area contributed by atoms with Crippen molar-refractivity contribution in [3.05, 3.63) is 64.7 Å². The maximum Gasteiger partial charge on any atom is 0.243 e. The molecule has 0 spiro atoms. The summed E-state index contributed by atoms with van der Waals surface area (Å²) in [5, 5.41) is 3.88. The summed E-state index contributed by atoms with van der Waals surface area (Å²) in [6.45, 7) is 4.41. The minimum Gasteiger partial charge on any atom is -0.352 e. The zero-order valence-electron chi connectivity index (χ0n) is 19.0. The third kappa shape index (κ3) is 7.28. The van der Waals surface area contributed by atoms with Gasteiger partial charge in [0.15, 0.2) is 0 Å². The molecule has 1 atom stereocenters. The minimum atomic E-state index is -0.487. The average molecular weight is 473 g/mol. The normalized spacial score (nSPS) is 15.2. The Bertz CT molecular complexity index is 880. The smallest absolute Gasteiger partial charge is 0.243 e. The molecular formula is C26H33ClN2O2S. The summed E-state index contributed by atoms with van der Waals surface area (Å²) >= 11 is 7.55. The highest BCUT2D eigenvalue weighted by Gasteiger charge is 2.30. The average Bonchev–Trinajstić information content (AvgIpc) is 2.80. The first-order valence-corrected chi connectivity index (χ1v) is 12.9. The number of hydrogen-bond acceptors (Lipinski definition) is 3. The Labute approximate surface area is 201 Å². The highest BCUT2D eigenvalue weighted by molar-refractivity contribution is 8.00. The Morgan fingerprint density at radius 2 is 1.72 bits per heavy atom. The molecule has 2 aromatic rings. The summed E-state index contributed by atoms with van der Waals surface area (Å²) in [5.74, 6) is 0.224. The largest absolute Gasteiger partial charge is 0.352 e. The van der Waals surface area contributed by atoms with Crippen LogP contribution in [0.15, 0.2) is 53.4 Å². The number of hydrogen-bond donors (Lipinski definition) is 1. The third-order valence-corrected chi connectivity index (χ3v) is 7.24. The number of halogens is 1. The molecule has 172 valence electrons. The van der Waals surface area contributed by atoms with Crippen LogP contribution in [0.4, 0.5) is 0 Å². The van der Waals surface area contributed by atoms with E-state index in [-0.39, 0.29) is 17.9 Å². The SMILES string of the molecule is CC[C@H](C(=O)NC1CCCCC1)N(Cc1ccc(Cl)cc1)C(=O)CSc1ccc(C)cc1. The molecule has 0 aromatic heterocycles. The molecule has 32 heavy (non-hydrogen) atoms. The van der Waals surface area contributed by atoms with Crippen LogP contribution >= 0.6 is 23.4 Å². The summed E-state index contributed by atoms with van der Waals surface area (Å²) in [6, 6.07) is 15.4. The zero-order valence-corrected chi connectivity index (χ0v) is 20.6. The molecule has 4 nitrogen and oxygen atoms in total. The molecule has 3 rings (SSSR count). The molecule has 1 aliphatic rings. The molecular weight excluding hydrogens is 440 g/mol. The first kappa shape index (κ1) is 24.7. The Hall–Kier alpha value is -1.98. The van der Waals surface area contributed by atoms with Crippen molar-refractivity contribution < 1.29 is 9.59 Å². The predicted octanol–water partition coefficient (Wildman–Crippen LogP) is 6.00. The summed E-state index contributed by atoms with van der Waals surface area (Å²) in [7, 11) is 0. The van der Waals surface area contributed by atoms with E-state index in [1.165, 1.54) is 23.7 Å². The van der Waals surface area contributed by atoms with E-state index >= 15 is 0 Å². The fraction of sp³-hybridized carbons (Fsp3) is 0.462. The number of nitrogens with one attached hydrogen (secondary N) is 1. The Kier molecular flexibility index (Phi) is 9.49. The van der Waals surface area contributed by atoms with Gasteiger partial charge in [-0.1, -0.05) is 67.6 Å². The van der Waals surface area contributed by atoms with E-state index in [0.717, 1.165) is 36.1 Å². The second kappa shape index (κ2) is 12.3. The van der Waals surface area contributed by atoms with Crippen molar-refractivity contribution in [2.24, 2.45) is 0 Å². The van der Waals surface area contributed by atoms with Gasteiger partial charge in [-0.15, -0.1) is 11.8 Å². The van der Waals surface area contributed by atoms with Gasteiger partial charge in [0.25, 0.3) is 0 Å². The maximum absolute atomic E-state index is 13.4. The fourth-order valence-electron chi connectivity index (χ4n) is 4.11. The van der Waals surface area contributed by atoms with Crippen LogP contribution in [0.5, 0.6) is 0 Å². The lowest BCUT2D eigenvalue weighted by Gasteiger charge is -2.32. The van der Waals surface area contributed by atoms with Gasteiger partial charge in [0.05, 0.1) is 5.75 Å². The number of aryl methyl sites for hydroxylation is 1. The highest BCUT2D eigenvalue weighted by Crippen LogP contribution is 2.22. The van der Waals surface area contributed by atoms with E-state index in [4.69, 9.17) is 11.6 Å². The van der Waals surface area contributed by atoms with Crippen molar-refractivity contribution in [1.82, 2.24) is 10.2 Å². The van der Waals surface area contributed by atoms with Crippen LogP contribution in [0, 0.1) is 6.92 Å². The van der Waals surface area contributed by atoms with Crippen molar-refractivity contribution >= 4 is 35.2 Å². The molecule has 2 amide bonds. The van der Waals surface area contributed by atoms with Gasteiger partial charge in [-0.3, -0.25) is 9.59 Å². The summed E-state index contributed by atoms with van der Waals surface area (Å²) in [4.78, 5) is 29.4. The molecule has 1 N–H and O–H groups in total. The molecule has 2 aromatic carbocycles. The summed E-state index contributed by atoms with van der Waals surface area (Å²) < 4.78 is 0. The molecule has 0 unspecified atom stereocenters. The van der Waals surface area contributed by atoms with E-state index in [0.29, 0.717) is 23.7 Å². The van der Waals surface area contributed by atoms with E-state index in [2.05, 4.69) is 5.32 Å². The second-order valence-electron chi connectivity index (χ2n) is 8.52. The molecule has 0 bridgehead atoms. The summed E-state index contributed by atoms with van der Waals surface area (Å²) in [6.07, 6.45) is 6.17. The van der Waals surface area contributed by atoms with E-state index in [1.807, 2.05) is 62.4 Å². The summed E-state index contributed by atoms with van der Waals surface area (Å²) in [5.41, 5.74) is 2.16. The van der Waals surface area contributed by atoms with Crippen molar-refractivity contribution in [1.29, 1.82) is 0 Å². The number of carbonyl (C=O) groups excluding carboxylic acids is 2. The lowest BCUT2D eigenvalue weighted by Crippen LogP contribution is -2.52. The predicted molar refractivity (Wildman–Crippen MR) is 133 cm³/mol. The first-order chi connectivity index (χ1) is 15.5. The first-order valence-electron chi connectivity index (χ1n) is 11.5. The molecule has 6 heteroatoms. The van der Waals surface area contributed by atoms with E-state index in [1.54, 1.807) is 4.90 Å². The van der Waals surface area contributed by atoms with Crippen LogP contribution in [0.1, 0.15) is 56.6 Å². The number of nitrogens with zero attached hydrogens (tertiary/aromatic N) is 1. The zero-order chi connectivity index (χ0) is 22.9. The Morgan fingerprint density at radius 1 is 1.06 bits per heavy atom. The van der Waals surface area contributed by atoms with Crippen molar-refractivity contribution in [2.45, 2.75) is 75.9 Å².